The van der Waals surface area contributed by atoms with E-state index in [4.69, 9.17) is 0 Å². The lowest BCUT2D eigenvalue weighted by atomic mass is 9.82. The minimum atomic E-state index is -2.98. The molecule has 2 aliphatic rings. The summed E-state index contributed by atoms with van der Waals surface area (Å²) in [5, 5.41) is 5.08. The lowest BCUT2D eigenvalue weighted by Crippen LogP contribution is -2.69. The van der Waals surface area contributed by atoms with Crippen molar-refractivity contribution >= 4 is 6.03 Å². The molecule has 1 heterocycles. The SMILES string of the molecule is CN[C@@H]1C[C@H](NC(=O)N2CCc3ccccc3[C@@H]2c2ccc(F)cc2)C1(F)F. The smallest absolute Gasteiger partial charge is 0.318 e. The predicted octanol–water partition coefficient (Wildman–Crippen LogP) is 3.48. The molecule has 1 fully saturated rings. The molecule has 0 radical (unpaired) electrons. The van der Waals surface area contributed by atoms with Gasteiger partial charge >= 0.3 is 6.03 Å². The van der Waals surface area contributed by atoms with Crippen molar-refractivity contribution in [2.45, 2.75) is 36.9 Å². The molecule has 1 aliphatic heterocycles. The third-order valence-electron chi connectivity index (χ3n) is 5.78. The summed E-state index contributed by atoms with van der Waals surface area (Å²) in [7, 11) is 1.49. The number of hydrogen-bond donors (Lipinski definition) is 2. The molecular weight excluding hydrogens is 367 g/mol. The van der Waals surface area contributed by atoms with E-state index in [-0.39, 0.29) is 12.2 Å². The van der Waals surface area contributed by atoms with Crippen LogP contribution < -0.4 is 10.6 Å². The van der Waals surface area contributed by atoms with Crippen LogP contribution in [-0.2, 0) is 6.42 Å². The lowest BCUT2D eigenvalue weighted by Gasteiger charge is -2.46. The fourth-order valence-electron chi connectivity index (χ4n) is 4.12. The first-order valence-corrected chi connectivity index (χ1v) is 9.37. The molecule has 1 aliphatic carbocycles. The Kier molecular flexibility index (Phi) is 4.79. The summed E-state index contributed by atoms with van der Waals surface area (Å²) in [5.74, 6) is -3.35. The molecule has 4 rings (SSSR count). The van der Waals surface area contributed by atoms with Gasteiger partial charge in [-0.15, -0.1) is 0 Å². The van der Waals surface area contributed by atoms with Crippen molar-refractivity contribution in [3.63, 3.8) is 0 Å². The summed E-state index contributed by atoms with van der Waals surface area (Å²) in [6.45, 7) is 0.401. The number of nitrogens with zero attached hydrogens (tertiary/aromatic N) is 1. The van der Waals surface area contributed by atoms with E-state index in [1.165, 1.54) is 19.2 Å². The van der Waals surface area contributed by atoms with E-state index in [0.29, 0.717) is 13.0 Å². The summed E-state index contributed by atoms with van der Waals surface area (Å²) in [6, 6.07) is 10.6. The highest BCUT2D eigenvalue weighted by atomic mass is 19.3. The maximum absolute atomic E-state index is 14.2. The average Bonchev–Trinajstić information content (AvgIpc) is 2.70. The van der Waals surface area contributed by atoms with E-state index in [1.807, 2.05) is 24.3 Å². The molecule has 2 aromatic rings. The highest BCUT2D eigenvalue weighted by Gasteiger charge is 2.58. The summed E-state index contributed by atoms with van der Waals surface area (Å²) in [4.78, 5) is 14.5. The number of urea groups is 1. The van der Waals surface area contributed by atoms with Crippen LogP contribution in [-0.4, -0.2) is 42.5 Å². The van der Waals surface area contributed by atoms with Gasteiger partial charge in [-0.1, -0.05) is 36.4 Å². The summed E-state index contributed by atoms with van der Waals surface area (Å²) < 4.78 is 41.7. The van der Waals surface area contributed by atoms with Crippen LogP contribution in [0, 0.1) is 5.82 Å². The van der Waals surface area contributed by atoms with Crippen molar-refractivity contribution in [3.05, 3.63) is 71.0 Å². The first-order chi connectivity index (χ1) is 13.4. The van der Waals surface area contributed by atoms with Crippen LogP contribution in [0.2, 0.25) is 0 Å². The second kappa shape index (κ2) is 7.13. The number of amides is 2. The Labute approximate surface area is 161 Å². The minimum absolute atomic E-state index is 0.181. The summed E-state index contributed by atoms with van der Waals surface area (Å²) in [6.07, 6.45) is 0.822. The molecule has 0 unspecified atom stereocenters. The van der Waals surface area contributed by atoms with Crippen LogP contribution in [0.25, 0.3) is 0 Å². The van der Waals surface area contributed by atoms with Gasteiger partial charge in [0.05, 0.1) is 18.1 Å². The standard InChI is InChI=1S/C21H22F3N3O/c1-25-17-12-18(21(17,23)24)26-20(28)27-11-10-13-4-2-3-5-16(13)19(27)14-6-8-15(22)9-7-14/h2-9,17-19,25H,10-12H2,1H3,(H,26,28)/t17-,18+,19+/m1/s1. The normalized spacial score (nSPS) is 25.6. The monoisotopic (exact) mass is 389 g/mol. The topological polar surface area (TPSA) is 44.4 Å². The fraction of sp³-hybridized carbons (Fsp3) is 0.381. The van der Waals surface area contributed by atoms with Gasteiger partial charge < -0.3 is 15.5 Å². The Bertz CT molecular complexity index is 871. The zero-order chi connectivity index (χ0) is 19.9. The highest BCUT2D eigenvalue weighted by molar-refractivity contribution is 5.76. The number of rotatable bonds is 3. The van der Waals surface area contributed by atoms with E-state index in [0.717, 1.165) is 16.7 Å². The molecule has 2 aromatic carbocycles. The second-order valence-electron chi connectivity index (χ2n) is 7.35. The van der Waals surface area contributed by atoms with Crippen LogP contribution in [0.15, 0.2) is 48.5 Å². The lowest BCUT2D eigenvalue weighted by molar-refractivity contribution is -0.131. The Morgan fingerprint density at radius 3 is 2.50 bits per heavy atom. The molecule has 2 N–H and O–H groups in total. The molecule has 4 nitrogen and oxygen atoms in total. The largest absolute Gasteiger partial charge is 0.329 e. The molecule has 0 spiro atoms. The highest BCUT2D eigenvalue weighted by Crippen LogP contribution is 2.39. The van der Waals surface area contributed by atoms with Gasteiger partial charge in [-0.2, -0.15) is 0 Å². The molecule has 1 saturated carbocycles. The van der Waals surface area contributed by atoms with Crippen molar-refractivity contribution in [1.82, 2.24) is 15.5 Å². The quantitative estimate of drug-likeness (QED) is 0.844. The fourth-order valence-corrected chi connectivity index (χ4v) is 4.12. The predicted molar refractivity (Wildman–Crippen MR) is 99.8 cm³/mol. The van der Waals surface area contributed by atoms with Gasteiger partial charge in [0.25, 0.3) is 5.92 Å². The zero-order valence-corrected chi connectivity index (χ0v) is 15.5. The third-order valence-corrected chi connectivity index (χ3v) is 5.78. The molecule has 0 aromatic heterocycles. The molecule has 7 heteroatoms. The number of alkyl halides is 2. The Morgan fingerprint density at radius 1 is 1.11 bits per heavy atom. The van der Waals surface area contributed by atoms with E-state index in [9.17, 15) is 18.0 Å². The number of carbonyl (C=O) groups excluding carboxylic acids is 1. The van der Waals surface area contributed by atoms with Gasteiger partial charge in [0.1, 0.15) is 5.82 Å². The van der Waals surface area contributed by atoms with E-state index in [1.54, 1.807) is 17.0 Å². The van der Waals surface area contributed by atoms with Gasteiger partial charge in [-0.3, -0.25) is 0 Å². The van der Waals surface area contributed by atoms with Crippen molar-refractivity contribution < 1.29 is 18.0 Å². The van der Waals surface area contributed by atoms with Gasteiger partial charge in [-0.25, -0.2) is 18.0 Å². The van der Waals surface area contributed by atoms with Crippen LogP contribution in [0.3, 0.4) is 0 Å². The Hall–Kier alpha value is -2.54. The Balaban J connectivity index is 1.62. The third kappa shape index (κ3) is 3.13. The van der Waals surface area contributed by atoms with Crippen LogP contribution in [0.4, 0.5) is 18.0 Å². The maximum Gasteiger partial charge on any atom is 0.318 e. The zero-order valence-electron chi connectivity index (χ0n) is 15.5. The van der Waals surface area contributed by atoms with Gasteiger partial charge in [0.2, 0.25) is 0 Å². The molecule has 3 atom stereocenters. The number of halogens is 3. The molecule has 0 saturated heterocycles. The van der Waals surface area contributed by atoms with Crippen molar-refractivity contribution in [2.24, 2.45) is 0 Å². The van der Waals surface area contributed by atoms with Crippen molar-refractivity contribution in [1.29, 1.82) is 0 Å². The number of hydrogen-bond acceptors (Lipinski definition) is 2. The number of nitrogens with one attached hydrogen (secondary N) is 2. The van der Waals surface area contributed by atoms with E-state index in [2.05, 4.69) is 10.6 Å². The number of carbonyl (C=O) groups is 1. The minimum Gasteiger partial charge on any atom is -0.329 e. The van der Waals surface area contributed by atoms with E-state index < -0.39 is 30.1 Å². The van der Waals surface area contributed by atoms with E-state index >= 15 is 0 Å². The second-order valence-corrected chi connectivity index (χ2v) is 7.35. The Morgan fingerprint density at radius 2 is 1.82 bits per heavy atom. The van der Waals surface area contributed by atoms with Gasteiger partial charge in [0, 0.05) is 6.54 Å². The molecule has 2 amide bonds. The van der Waals surface area contributed by atoms with Crippen LogP contribution in [0.1, 0.15) is 29.2 Å². The summed E-state index contributed by atoms with van der Waals surface area (Å²) >= 11 is 0. The molecule has 0 bridgehead atoms. The first kappa shape index (κ1) is 18.8. The van der Waals surface area contributed by atoms with Crippen molar-refractivity contribution in [2.75, 3.05) is 13.6 Å². The first-order valence-electron chi connectivity index (χ1n) is 9.37. The van der Waals surface area contributed by atoms with Gasteiger partial charge in [0.15, 0.2) is 0 Å². The van der Waals surface area contributed by atoms with Gasteiger partial charge in [-0.05, 0) is 48.7 Å². The van der Waals surface area contributed by atoms with Crippen molar-refractivity contribution in [3.8, 4) is 0 Å². The summed E-state index contributed by atoms with van der Waals surface area (Å²) in [5.41, 5.74) is 2.78. The number of benzene rings is 2. The molecule has 28 heavy (non-hydrogen) atoms. The molecular formula is C21H22F3N3O. The van der Waals surface area contributed by atoms with Crippen LogP contribution >= 0.6 is 0 Å². The number of fused-ring (bicyclic) bond motifs is 1. The molecule has 148 valence electrons. The van der Waals surface area contributed by atoms with Crippen LogP contribution in [0.5, 0.6) is 0 Å². The average molecular weight is 389 g/mol. The maximum atomic E-state index is 14.2.